The van der Waals surface area contributed by atoms with Crippen molar-refractivity contribution in [1.82, 2.24) is 9.78 Å². The molecule has 1 aromatic heterocycles. The van der Waals surface area contributed by atoms with E-state index < -0.39 is 0 Å². The van der Waals surface area contributed by atoms with Crippen LogP contribution in [0.15, 0.2) is 42.5 Å². The summed E-state index contributed by atoms with van der Waals surface area (Å²) in [5, 5.41) is 4.65. The lowest BCUT2D eigenvalue weighted by Gasteiger charge is -2.32. The van der Waals surface area contributed by atoms with Crippen molar-refractivity contribution >= 4 is 5.69 Å². The average Bonchev–Trinajstić information content (AvgIpc) is 2.92. The minimum atomic E-state index is 0.167. The van der Waals surface area contributed by atoms with Crippen molar-refractivity contribution < 1.29 is 0 Å². The van der Waals surface area contributed by atoms with E-state index >= 15 is 0 Å². The summed E-state index contributed by atoms with van der Waals surface area (Å²) in [5.74, 6) is 0. The Hall–Kier alpha value is -2.03. The first-order valence-corrected chi connectivity index (χ1v) is 7.12. The zero-order valence-electron chi connectivity index (χ0n) is 12.5. The third-order valence-electron chi connectivity index (χ3n) is 3.88. The summed E-state index contributed by atoms with van der Waals surface area (Å²) in [6.45, 7) is 8.52. The van der Waals surface area contributed by atoms with E-state index in [-0.39, 0.29) is 6.17 Å². The number of aromatic nitrogens is 2. The lowest BCUT2D eigenvalue weighted by Crippen LogP contribution is -2.34. The van der Waals surface area contributed by atoms with Gasteiger partial charge < -0.3 is 4.90 Å². The number of nitrogens with zero attached hydrogens (tertiary/aromatic N) is 3. The Bertz CT molecular complexity index is 654. The number of benzene rings is 1. The largest absolute Gasteiger partial charge is 0.340 e. The second-order valence-corrected chi connectivity index (χ2v) is 5.66. The van der Waals surface area contributed by atoms with Crippen LogP contribution in [0.25, 0.3) is 0 Å². The number of rotatable bonds is 2. The van der Waals surface area contributed by atoms with Crippen molar-refractivity contribution in [1.29, 1.82) is 0 Å². The highest BCUT2D eigenvalue weighted by atomic mass is 15.4. The fourth-order valence-corrected chi connectivity index (χ4v) is 2.98. The maximum absolute atomic E-state index is 4.65. The molecule has 0 amide bonds. The van der Waals surface area contributed by atoms with Crippen molar-refractivity contribution in [3.05, 3.63) is 59.4 Å². The molecule has 0 N–H and O–H groups in total. The van der Waals surface area contributed by atoms with Gasteiger partial charge in [0.1, 0.15) is 6.17 Å². The first kappa shape index (κ1) is 13.0. The molecule has 104 valence electrons. The van der Waals surface area contributed by atoms with Gasteiger partial charge in [-0.1, -0.05) is 18.2 Å². The summed E-state index contributed by atoms with van der Waals surface area (Å²) in [5.41, 5.74) is 4.80. The van der Waals surface area contributed by atoms with Gasteiger partial charge in [-0.05, 0) is 57.5 Å². The predicted octanol–water partition coefficient (Wildman–Crippen LogP) is 3.77. The Morgan fingerprint density at radius 3 is 2.50 bits per heavy atom. The molecule has 0 fully saturated rings. The maximum Gasteiger partial charge on any atom is 0.142 e. The monoisotopic (exact) mass is 267 g/mol. The van der Waals surface area contributed by atoms with E-state index in [9.17, 15) is 0 Å². The highest BCUT2D eigenvalue weighted by Gasteiger charge is 2.28. The second kappa shape index (κ2) is 4.82. The third-order valence-corrected chi connectivity index (χ3v) is 3.88. The van der Waals surface area contributed by atoms with Crippen LogP contribution in [-0.2, 0) is 0 Å². The van der Waals surface area contributed by atoms with Crippen LogP contribution in [0, 0.1) is 20.8 Å². The highest BCUT2D eigenvalue weighted by Crippen LogP contribution is 2.32. The van der Waals surface area contributed by atoms with Crippen LogP contribution in [0.1, 0.15) is 30.0 Å². The summed E-state index contributed by atoms with van der Waals surface area (Å²) in [7, 11) is 0. The highest BCUT2D eigenvalue weighted by molar-refractivity contribution is 5.53. The van der Waals surface area contributed by atoms with Crippen molar-refractivity contribution in [2.24, 2.45) is 0 Å². The molecule has 0 saturated carbocycles. The molecule has 0 aliphatic carbocycles. The van der Waals surface area contributed by atoms with Crippen molar-refractivity contribution in [2.75, 3.05) is 4.90 Å². The van der Waals surface area contributed by atoms with E-state index in [0.29, 0.717) is 6.04 Å². The van der Waals surface area contributed by atoms with Gasteiger partial charge in [0.2, 0.25) is 0 Å². The standard InChI is InChI=1S/C17H21N3/c1-12-6-5-7-16(10-12)19-14(3)8-9-17(19)20-15(4)11-13(2)18-20/h5-11,14,17H,1-4H3. The number of hydrogen-bond acceptors (Lipinski definition) is 2. The maximum atomic E-state index is 4.65. The van der Waals surface area contributed by atoms with Crippen LogP contribution in [-0.4, -0.2) is 15.8 Å². The Kier molecular flexibility index (Phi) is 3.13. The third kappa shape index (κ3) is 2.13. The summed E-state index contributed by atoms with van der Waals surface area (Å²) >= 11 is 0. The normalized spacial score (nSPS) is 21.7. The van der Waals surface area contributed by atoms with Gasteiger partial charge in [-0.2, -0.15) is 5.10 Å². The van der Waals surface area contributed by atoms with Gasteiger partial charge in [0.05, 0.1) is 5.69 Å². The molecule has 2 aromatic rings. The molecule has 3 rings (SSSR count). The van der Waals surface area contributed by atoms with Gasteiger partial charge in [0.15, 0.2) is 0 Å². The molecular weight excluding hydrogens is 246 g/mol. The molecule has 0 radical (unpaired) electrons. The fraction of sp³-hybridized carbons (Fsp3) is 0.353. The van der Waals surface area contributed by atoms with Crippen LogP contribution in [0.5, 0.6) is 0 Å². The molecule has 3 heteroatoms. The molecular formula is C17H21N3. The zero-order chi connectivity index (χ0) is 14.3. The van der Waals surface area contributed by atoms with E-state index in [2.05, 4.69) is 77.9 Å². The van der Waals surface area contributed by atoms with Gasteiger partial charge in [-0.15, -0.1) is 0 Å². The van der Waals surface area contributed by atoms with Crippen LogP contribution in [0.4, 0.5) is 5.69 Å². The fourth-order valence-electron chi connectivity index (χ4n) is 2.98. The molecule has 0 saturated heterocycles. The topological polar surface area (TPSA) is 21.1 Å². The van der Waals surface area contributed by atoms with Crippen molar-refractivity contribution in [3.63, 3.8) is 0 Å². The average molecular weight is 267 g/mol. The molecule has 3 nitrogen and oxygen atoms in total. The van der Waals surface area contributed by atoms with Crippen LogP contribution in [0.2, 0.25) is 0 Å². The summed E-state index contributed by atoms with van der Waals surface area (Å²) < 4.78 is 2.11. The molecule has 2 heterocycles. The molecule has 1 aliphatic rings. The molecule has 0 bridgehead atoms. The Morgan fingerprint density at radius 2 is 1.85 bits per heavy atom. The molecule has 0 spiro atoms. The second-order valence-electron chi connectivity index (χ2n) is 5.66. The molecule has 1 aliphatic heterocycles. The Labute approximate surface area is 120 Å². The van der Waals surface area contributed by atoms with Gasteiger partial charge >= 0.3 is 0 Å². The quantitative estimate of drug-likeness (QED) is 0.772. The van der Waals surface area contributed by atoms with Gasteiger partial charge in [0, 0.05) is 17.4 Å². The minimum absolute atomic E-state index is 0.167. The number of aryl methyl sites for hydroxylation is 3. The van der Waals surface area contributed by atoms with Crippen LogP contribution < -0.4 is 4.90 Å². The van der Waals surface area contributed by atoms with E-state index in [4.69, 9.17) is 0 Å². The predicted molar refractivity (Wildman–Crippen MR) is 83.0 cm³/mol. The van der Waals surface area contributed by atoms with E-state index in [0.717, 1.165) is 5.69 Å². The zero-order valence-corrected chi connectivity index (χ0v) is 12.5. The first-order valence-electron chi connectivity index (χ1n) is 7.12. The van der Waals surface area contributed by atoms with E-state index in [1.54, 1.807) is 0 Å². The van der Waals surface area contributed by atoms with Crippen LogP contribution >= 0.6 is 0 Å². The van der Waals surface area contributed by atoms with Crippen molar-refractivity contribution in [3.8, 4) is 0 Å². The molecule has 2 unspecified atom stereocenters. The van der Waals surface area contributed by atoms with Crippen LogP contribution in [0.3, 0.4) is 0 Å². The van der Waals surface area contributed by atoms with Gasteiger partial charge in [0.25, 0.3) is 0 Å². The number of hydrogen-bond donors (Lipinski definition) is 0. The Balaban J connectivity index is 2.02. The molecule has 1 aromatic carbocycles. The summed E-state index contributed by atoms with van der Waals surface area (Å²) in [4.78, 5) is 2.41. The van der Waals surface area contributed by atoms with Gasteiger partial charge in [-0.3, -0.25) is 0 Å². The Morgan fingerprint density at radius 1 is 1.05 bits per heavy atom. The molecule has 20 heavy (non-hydrogen) atoms. The van der Waals surface area contributed by atoms with Crippen molar-refractivity contribution in [2.45, 2.75) is 39.9 Å². The van der Waals surface area contributed by atoms with E-state index in [1.807, 2.05) is 6.92 Å². The lowest BCUT2D eigenvalue weighted by atomic mass is 10.2. The van der Waals surface area contributed by atoms with Gasteiger partial charge in [-0.25, -0.2) is 4.68 Å². The molecule has 2 atom stereocenters. The number of anilines is 1. The summed E-state index contributed by atoms with van der Waals surface area (Å²) in [6, 6.07) is 11.2. The summed E-state index contributed by atoms with van der Waals surface area (Å²) in [6.07, 6.45) is 4.66. The smallest absolute Gasteiger partial charge is 0.142 e. The SMILES string of the molecule is Cc1cccc(N2C(C)C=CC2n2nc(C)cc2C)c1. The van der Waals surface area contributed by atoms with E-state index in [1.165, 1.54) is 16.9 Å². The minimum Gasteiger partial charge on any atom is -0.340 e. The first-order chi connectivity index (χ1) is 9.56. The lowest BCUT2D eigenvalue weighted by molar-refractivity contribution is 0.499.